The number of likely N-dealkylation sites (tertiary alicyclic amines) is 1. The fraction of sp³-hybridized carbons (Fsp3) is 0.400. The van der Waals surface area contributed by atoms with Gasteiger partial charge in [-0.3, -0.25) is 4.79 Å². The summed E-state index contributed by atoms with van der Waals surface area (Å²) in [5, 5.41) is 0. The number of hydrogen-bond donors (Lipinski definition) is 0. The average molecular weight is 340 g/mol. The van der Waals surface area contributed by atoms with Gasteiger partial charge in [-0.25, -0.2) is 4.98 Å². The first-order valence-corrected chi connectivity index (χ1v) is 8.80. The van der Waals surface area contributed by atoms with Crippen LogP contribution in [0.4, 0.5) is 0 Å². The van der Waals surface area contributed by atoms with Gasteiger partial charge in [0.15, 0.2) is 0 Å². The molecule has 1 amide bonds. The highest BCUT2D eigenvalue weighted by Gasteiger charge is 2.24. The molecule has 0 aliphatic carbocycles. The standard InChI is InChI=1S/C20H24N2O3/c1-2-24-18-9-6-12-22(14-18)20(23)17-10-11-19(21-13-17)25-15-16-7-4-3-5-8-16/h3-5,7-8,10-11,13,18H,2,6,9,12,14-15H2,1H3/t18-/m1/s1. The van der Waals surface area contributed by atoms with Gasteiger partial charge in [0.25, 0.3) is 5.91 Å². The lowest BCUT2D eigenvalue weighted by Crippen LogP contribution is -2.43. The molecule has 1 saturated heterocycles. The van der Waals surface area contributed by atoms with Gasteiger partial charge in [0.05, 0.1) is 11.7 Å². The lowest BCUT2D eigenvalue weighted by molar-refractivity contribution is 0.00722. The van der Waals surface area contributed by atoms with E-state index in [4.69, 9.17) is 9.47 Å². The lowest BCUT2D eigenvalue weighted by atomic mass is 10.1. The second-order valence-corrected chi connectivity index (χ2v) is 6.13. The van der Waals surface area contributed by atoms with Crippen molar-refractivity contribution < 1.29 is 14.3 Å². The Labute approximate surface area is 148 Å². The van der Waals surface area contributed by atoms with Crippen molar-refractivity contribution >= 4 is 5.91 Å². The first kappa shape index (κ1) is 17.4. The summed E-state index contributed by atoms with van der Waals surface area (Å²) in [7, 11) is 0. The van der Waals surface area contributed by atoms with Crippen LogP contribution in [0.3, 0.4) is 0 Å². The topological polar surface area (TPSA) is 51.7 Å². The maximum absolute atomic E-state index is 12.6. The van der Waals surface area contributed by atoms with Crippen LogP contribution in [0, 0.1) is 0 Å². The molecule has 0 N–H and O–H groups in total. The van der Waals surface area contributed by atoms with Gasteiger partial charge >= 0.3 is 0 Å². The molecule has 3 rings (SSSR count). The number of carbonyl (C=O) groups excluding carboxylic acids is 1. The average Bonchev–Trinajstić information content (AvgIpc) is 2.67. The molecule has 1 aliphatic rings. The molecular formula is C20H24N2O3. The van der Waals surface area contributed by atoms with E-state index >= 15 is 0 Å². The van der Waals surface area contributed by atoms with Crippen LogP contribution in [0.2, 0.25) is 0 Å². The zero-order valence-corrected chi connectivity index (χ0v) is 14.6. The molecule has 1 atom stereocenters. The molecule has 1 aromatic heterocycles. The van der Waals surface area contributed by atoms with Crippen molar-refractivity contribution in [3.63, 3.8) is 0 Å². The highest BCUT2D eigenvalue weighted by molar-refractivity contribution is 5.94. The first-order valence-electron chi connectivity index (χ1n) is 8.80. The molecular weight excluding hydrogens is 316 g/mol. The molecule has 0 radical (unpaired) electrons. The molecule has 0 spiro atoms. The summed E-state index contributed by atoms with van der Waals surface area (Å²) in [6.45, 7) is 4.55. The van der Waals surface area contributed by atoms with Gasteiger partial charge in [0.2, 0.25) is 5.88 Å². The third kappa shape index (κ3) is 4.79. The minimum Gasteiger partial charge on any atom is -0.473 e. The van der Waals surface area contributed by atoms with E-state index < -0.39 is 0 Å². The van der Waals surface area contributed by atoms with Gasteiger partial charge in [0, 0.05) is 32.0 Å². The van der Waals surface area contributed by atoms with Crippen molar-refractivity contribution in [3.8, 4) is 5.88 Å². The number of carbonyl (C=O) groups is 1. The van der Waals surface area contributed by atoms with E-state index in [0.717, 1.165) is 24.9 Å². The van der Waals surface area contributed by atoms with Crippen molar-refractivity contribution in [3.05, 3.63) is 59.8 Å². The fourth-order valence-corrected chi connectivity index (χ4v) is 3.00. The number of hydrogen-bond acceptors (Lipinski definition) is 4. The van der Waals surface area contributed by atoms with Crippen molar-refractivity contribution in [2.45, 2.75) is 32.5 Å². The normalized spacial score (nSPS) is 17.3. The van der Waals surface area contributed by atoms with Crippen LogP contribution in [0.15, 0.2) is 48.7 Å². The van der Waals surface area contributed by atoms with Gasteiger partial charge in [-0.1, -0.05) is 30.3 Å². The van der Waals surface area contributed by atoms with Crippen molar-refractivity contribution in [1.82, 2.24) is 9.88 Å². The zero-order valence-electron chi connectivity index (χ0n) is 14.6. The number of aromatic nitrogens is 1. The Balaban J connectivity index is 1.57. The number of benzene rings is 1. The minimum absolute atomic E-state index is 0.00603. The maximum Gasteiger partial charge on any atom is 0.255 e. The van der Waals surface area contributed by atoms with Crippen LogP contribution < -0.4 is 4.74 Å². The van der Waals surface area contributed by atoms with Crippen LogP contribution in [0.25, 0.3) is 0 Å². The third-order valence-corrected chi connectivity index (χ3v) is 4.28. The van der Waals surface area contributed by atoms with E-state index in [2.05, 4.69) is 4.98 Å². The van der Waals surface area contributed by atoms with E-state index in [0.29, 0.717) is 31.2 Å². The molecule has 0 saturated carbocycles. The van der Waals surface area contributed by atoms with Crippen LogP contribution in [-0.2, 0) is 11.3 Å². The molecule has 132 valence electrons. The highest BCUT2D eigenvalue weighted by Crippen LogP contribution is 2.17. The first-order chi connectivity index (χ1) is 12.3. The Morgan fingerprint density at radius 3 is 2.80 bits per heavy atom. The summed E-state index contributed by atoms with van der Waals surface area (Å²) in [4.78, 5) is 18.7. The van der Waals surface area contributed by atoms with Crippen molar-refractivity contribution in [2.75, 3.05) is 19.7 Å². The third-order valence-electron chi connectivity index (χ3n) is 4.28. The maximum atomic E-state index is 12.6. The highest BCUT2D eigenvalue weighted by atomic mass is 16.5. The minimum atomic E-state index is 0.00603. The summed E-state index contributed by atoms with van der Waals surface area (Å²) >= 11 is 0. The molecule has 2 heterocycles. The quantitative estimate of drug-likeness (QED) is 0.810. The predicted octanol–water partition coefficient (Wildman–Crippen LogP) is 3.30. The van der Waals surface area contributed by atoms with Crippen LogP contribution >= 0.6 is 0 Å². The Morgan fingerprint density at radius 1 is 1.24 bits per heavy atom. The molecule has 1 aliphatic heterocycles. The second-order valence-electron chi connectivity index (χ2n) is 6.13. The Kier molecular flexibility index (Phi) is 6.01. The van der Waals surface area contributed by atoms with Gasteiger partial charge in [-0.15, -0.1) is 0 Å². The number of pyridine rings is 1. The van der Waals surface area contributed by atoms with E-state index in [-0.39, 0.29) is 12.0 Å². The monoisotopic (exact) mass is 340 g/mol. The molecule has 1 fully saturated rings. The largest absolute Gasteiger partial charge is 0.473 e. The molecule has 1 aromatic carbocycles. The number of ether oxygens (including phenoxy) is 2. The second kappa shape index (κ2) is 8.62. The van der Waals surface area contributed by atoms with Crippen molar-refractivity contribution in [1.29, 1.82) is 0 Å². The van der Waals surface area contributed by atoms with Crippen LogP contribution in [-0.4, -0.2) is 41.6 Å². The smallest absolute Gasteiger partial charge is 0.255 e. The summed E-state index contributed by atoms with van der Waals surface area (Å²) in [5.41, 5.74) is 1.67. The van der Waals surface area contributed by atoms with E-state index in [1.54, 1.807) is 18.3 Å². The van der Waals surface area contributed by atoms with Crippen LogP contribution in [0.1, 0.15) is 35.7 Å². The zero-order chi connectivity index (χ0) is 17.5. The van der Waals surface area contributed by atoms with Gasteiger partial charge in [-0.05, 0) is 31.4 Å². The van der Waals surface area contributed by atoms with E-state index in [1.165, 1.54) is 0 Å². The molecule has 0 unspecified atom stereocenters. The van der Waals surface area contributed by atoms with Crippen molar-refractivity contribution in [2.24, 2.45) is 0 Å². The van der Waals surface area contributed by atoms with Gasteiger partial charge < -0.3 is 14.4 Å². The van der Waals surface area contributed by atoms with E-state index in [9.17, 15) is 4.79 Å². The summed E-state index contributed by atoms with van der Waals surface area (Å²) in [6.07, 6.45) is 3.72. The van der Waals surface area contributed by atoms with Crippen LogP contribution in [0.5, 0.6) is 5.88 Å². The molecule has 2 aromatic rings. The SMILES string of the molecule is CCO[C@@H]1CCCN(C(=O)c2ccc(OCc3ccccc3)nc2)C1. The van der Waals surface area contributed by atoms with E-state index in [1.807, 2.05) is 42.2 Å². The number of rotatable bonds is 6. The lowest BCUT2D eigenvalue weighted by Gasteiger charge is -2.32. The molecule has 25 heavy (non-hydrogen) atoms. The number of amides is 1. The Morgan fingerprint density at radius 2 is 2.08 bits per heavy atom. The fourth-order valence-electron chi connectivity index (χ4n) is 3.00. The van der Waals surface area contributed by atoms with Gasteiger partial charge in [-0.2, -0.15) is 0 Å². The summed E-state index contributed by atoms with van der Waals surface area (Å²) in [6, 6.07) is 13.5. The molecule has 0 bridgehead atoms. The number of nitrogens with zero attached hydrogens (tertiary/aromatic N) is 2. The number of piperidine rings is 1. The summed E-state index contributed by atoms with van der Waals surface area (Å²) < 4.78 is 11.3. The van der Waals surface area contributed by atoms with Gasteiger partial charge in [0.1, 0.15) is 6.61 Å². The summed E-state index contributed by atoms with van der Waals surface area (Å²) in [5.74, 6) is 0.526. The predicted molar refractivity (Wildman–Crippen MR) is 95.6 cm³/mol. The molecule has 5 nitrogen and oxygen atoms in total. The molecule has 5 heteroatoms. The Hall–Kier alpha value is -2.40. The Bertz CT molecular complexity index is 671.